The number of aromatic nitrogens is 4. The lowest BCUT2D eigenvalue weighted by atomic mass is 9.95. The number of nitrogens with zero attached hydrogens (tertiary/aromatic N) is 3. The van der Waals surface area contributed by atoms with E-state index in [-0.39, 0.29) is 0 Å². The molecule has 1 saturated heterocycles. The minimum absolute atomic E-state index is 0.491. The van der Waals surface area contributed by atoms with Crippen molar-refractivity contribution in [2.75, 3.05) is 13.1 Å². The van der Waals surface area contributed by atoms with Gasteiger partial charge in [-0.25, -0.2) is 9.97 Å². The van der Waals surface area contributed by atoms with Crippen LogP contribution in [-0.4, -0.2) is 32.4 Å². The summed E-state index contributed by atoms with van der Waals surface area (Å²) in [5.41, 5.74) is 4.33. The minimum atomic E-state index is 0.491. The van der Waals surface area contributed by atoms with E-state index in [1.807, 2.05) is 24.8 Å². The maximum atomic E-state index is 4.80. The summed E-state index contributed by atoms with van der Waals surface area (Å²) in [6.45, 7) is 2.14. The van der Waals surface area contributed by atoms with Crippen molar-refractivity contribution in [3.05, 3.63) is 30.5 Å². The highest BCUT2D eigenvalue weighted by atomic mass is 15.0. The molecule has 0 amide bonds. The molecule has 0 bridgehead atoms. The summed E-state index contributed by atoms with van der Waals surface area (Å²) in [6.07, 6.45) is 8.14. The molecular weight excluding hydrogens is 226 g/mol. The van der Waals surface area contributed by atoms with Crippen LogP contribution in [0.25, 0.3) is 16.7 Å². The van der Waals surface area contributed by atoms with Gasteiger partial charge in [-0.1, -0.05) is 0 Å². The van der Waals surface area contributed by atoms with Crippen molar-refractivity contribution >= 4 is 16.7 Å². The van der Waals surface area contributed by atoms with Crippen molar-refractivity contribution < 1.29 is 0 Å². The topological polar surface area (TPSA) is 58.0 Å². The molecule has 0 saturated carbocycles. The number of fused-ring (bicyclic) bond motifs is 3. The van der Waals surface area contributed by atoms with Crippen LogP contribution in [-0.2, 0) is 0 Å². The van der Waals surface area contributed by atoms with E-state index in [1.54, 1.807) is 0 Å². The van der Waals surface area contributed by atoms with Gasteiger partial charge < -0.3 is 10.3 Å². The molecule has 18 heavy (non-hydrogen) atoms. The standard InChI is InChI=1S/C13H15N5/c1-2-9(6-14-4-1)12-11-7-15-8-18(11)10-3-5-16-13(10)17-12/h3,5,7-9,14,16H,1-2,4,6H2/t9-/m1/s1. The summed E-state index contributed by atoms with van der Waals surface area (Å²) in [4.78, 5) is 12.3. The van der Waals surface area contributed by atoms with Crippen molar-refractivity contribution in [3.63, 3.8) is 0 Å². The van der Waals surface area contributed by atoms with Crippen LogP contribution in [0.3, 0.4) is 0 Å². The fourth-order valence-electron chi connectivity index (χ4n) is 2.88. The number of hydrogen-bond donors (Lipinski definition) is 2. The molecule has 4 heterocycles. The van der Waals surface area contributed by atoms with Gasteiger partial charge in [0.05, 0.1) is 29.3 Å². The molecule has 0 spiro atoms. The van der Waals surface area contributed by atoms with Gasteiger partial charge in [0.2, 0.25) is 0 Å². The Kier molecular flexibility index (Phi) is 2.14. The highest BCUT2D eigenvalue weighted by Gasteiger charge is 2.20. The SMILES string of the molecule is c1cc2c(nc([C@@H]3CCCNC3)c3cncn32)[nH]1. The lowest BCUT2D eigenvalue weighted by Crippen LogP contribution is -2.29. The van der Waals surface area contributed by atoms with Crippen LogP contribution in [0.1, 0.15) is 24.5 Å². The highest BCUT2D eigenvalue weighted by molar-refractivity contribution is 5.76. The van der Waals surface area contributed by atoms with Crippen LogP contribution in [0, 0.1) is 0 Å². The van der Waals surface area contributed by atoms with Crippen LogP contribution in [0.4, 0.5) is 0 Å². The van der Waals surface area contributed by atoms with Crippen molar-refractivity contribution in [2.45, 2.75) is 18.8 Å². The van der Waals surface area contributed by atoms with Gasteiger partial charge in [0, 0.05) is 18.7 Å². The third-order valence-corrected chi connectivity index (χ3v) is 3.78. The third-order valence-electron chi connectivity index (χ3n) is 3.78. The van der Waals surface area contributed by atoms with Crippen LogP contribution in [0.5, 0.6) is 0 Å². The van der Waals surface area contributed by atoms with Gasteiger partial charge >= 0.3 is 0 Å². The Hall–Kier alpha value is -1.88. The molecule has 4 rings (SSSR count). The van der Waals surface area contributed by atoms with Crippen LogP contribution in [0.15, 0.2) is 24.8 Å². The first kappa shape index (κ1) is 10.1. The summed E-state index contributed by atoms with van der Waals surface area (Å²) >= 11 is 0. The smallest absolute Gasteiger partial charge is 0.154 e. The number of imidazole rings is 1. The summed E-state index contributed by atoms with van der Waals surface area (Å²) in [6, 6.07) is 2.04. The van der Waals surface area contributed by atoms with E-state index >= 15 is 0 Å². The highest BCUT2D eigenvalue weighted by Crippen LogP contribution is 2.27. The number of hydrogen-bond acceptors (Lipinski definition) is 3. The summed E-state index contributed by atoms with van der Waals surface area (Å²) < 4.78 is 2.13. The predicted molar refractivity (Wildman–Crippen MR) is 69.7 cm³/mol. The molecule has 1 aliphatic heterocycles. The molecule has 3 aromatic heterocycles. The zero-order chi connectivity index (χ0) is 11.9. The molecular formula is C13H15N5. The molecule has 0 aliphatic carbocycles. The molecule has 0 unspecified atom stereocenters. The maximum Gasteiger partial charge on any atom is 0.154 e. The second-order valence-electron chi connectivity index (χ2n) is 4.90. The van der Waals surface area contributed by atoms with Crippen LogP contribution >= 0.6 is 0 Å². The number of aromatic amines is 1. The molecule has 0 aromatic carbocycles. The number of nitrogens with one attached hydrogen (secondary N) is 2. The van der Waals surface area contributed by atoms with E-state index in [9.17, 15) is 0 Å². The molecule has 1 aliphatic rings. The Morgan fingerprint density at radius 2 is 2.33 bits per heavy atom. The lowest BCUT2D eigenvalue weighted by Gasteiger charge is -2.22. The zero-order valence-electron chi connectivity index (χ0n) is 10.1. The maximum absolute atomic E-state index is 4.80. The molecule has 92 valence electrons. The normalized spacial score (nSPS) is 20.8. The Balaban J connectivity index is 1.97. The second-order valence-corrected chi connectivity index (χ2v) is 4.90. The second kappa shape index (κ2) is 3.81. The molecule has 1 atom stereocenters. The quantitative estimate of drug-likeness (QED) is 0.681. The fourth-order valence-corrected chi connectivity index (χ4v) is 2.88. The predicted octanol–water partition coefficient (Wildman–Crippen LogP) is 1.68. The van der Waals surface area contributed by atoms with Crippen molar-refractivity contribution in [3.8, 4) is 0 Å². The molecule has 5 heteroatoms. The van der Waals surface area contributed by atoms with E-state index in [4.69, 9.17) is 4.98 Å². The minimum Gasteiger partial charge on any atom is -0.345 e. The van der Waals surface area contributed by atoms with Crippen LogP contribution < -0.4 is 5.32 Å². The van der Waals surface area contributed by atoms with Gasteiger partial charge in [-0.3, -0.25) is 4.40 Å². The Bertz CT molecular complexity index is 690. The first-order valence-electron chi connectivity index (χ1n) is 6.43. The van der Waals surface area contributed by atoms with Gasteiger partial charge in [0.15, 0.2) is 5.65 Å². The van der Waals surface area contributed by atoms with Gasteiger partial charge in [0.25, 0.3) is 0 Å². The van der Waals surface area contributed by atoms with E-state index in [0.29, 0.717) is 5.92 Å². The van der Waals surface area contributed by atoms with Crippen molar-refractivity contribution in [1.82, 2.24) is 24.7 Å². The first-order chi connectivity index (χ1) is 8.93. The Morgan fingerprint density at radius 1 is 1.33 bits per heavy atom. The molecule has 2 N–H and O–H groups in total. The van der Waals surface area contributed by atoms with E-state index in [2.05, 4.69) is 19.7 Å². The first-order valence-corrected chi connectivity index (χ1v) is 6.43. The van der Waals surface area contributed by atoms with E-state index in [1.165, 1.54) is 12.8 Å². The average molecular weight is 241 g/mol. The lowest BCUT2D eigenvalue weighted by molar-refractivity contribution is 0.457. The zero-order valence-corrected chi connectivity index (χ0v) is 10.1. The molecule has 1 fully saturated rings. The summed E-state index contributed by atoms with van der Waals surface area (Å²) in [5.74, 6) is 0.491. The summed E-state index contributed by atoms with van der Waals surface area (Å²) in [5, 5.41) is 3.45. The van der Waals surface area contributed by atoms with Gasteiger partial charge in [-0.2, -0.15) is 0 Å². The molecule has 3 aromatic rings. The molecule has 5 nitrogen and oxygen atoms in total. The average Bonchev–Trinajstić information content (AvgIpc) is 3.06. The van der Waals surface area contributed by atoms with E-state index < -0.39 is 0 Å². The third kappa shape index (κ3) is 1.37. The Labute approximate surface area is 104 Å². The monoisotopic (exact) mass is 241 g/mol. The largest absolute Gasteiger partial charge is 0.345 e. The van der Waals surface area contributed by atoms with Gasteiger partial charge in [-0.05, 0) is 25.5 Å². The fraction of sp³-hybridized carbons (Fsp3) is 0.385. The van der Waals surface area contributed by atoms with Gasteiger partial charge in [0.1, 0.15) is 0 Å². The van der Waals surface area contributed by atoms with E-state index in [0.717, 1.165) is 35.5 Å². The number of rotatable bonds is 1. The van der Waals surface area contributed by atoms with Crippen molar-refractivity contribution in [2.24, 2.45) is 0 Å². The number of piperidine rings is 1. The van der Waals surface area contributed by atoms with Crippen LogP contribution in [0.2, 0.25) is 0 Å². The van der Waals surface area contributed by atoms with Crippen molar-refractivity contribution in [1.29, 1.82) is 0 Å². The molecule has 0 radical (unpaired) electrons. The van der Waals surface area contributed by atoms with Gasteiger partial charge in [-0.15, -0.1) is 0 Å². The summed E-state index contributed by atoms with van der Waals surface area (Å²) in [7, 11) is 0. The Morgan fingerprint density at radius 3 is 3.22 bits per heavy atom. The number of H-pyrrole nitrogens is 1.